The summed E-state index contributed by atoms with van der Waals surface area (Å²) in [6, 6.07) is 6.18. The van der Waals surface area contributed by atoms with Crippen molar-refractivity contribution in [1.82, 2.24) is 24.5 Å². The van der Waals surface area contributed by atoms with Crippen molar-refractivity contribution < 1.29 is 22.7 Å². The van der Waals surface area contributed by atoms with Gasteiger partial charge in [-0.05, 0) is 83.5 Å². The van der Waals surface area contributed by atoms with Gasteiger partial charge in [0, 0.05) is 48.2 Å². The Morgan fingerprint density at radius 3 is 2.46 bits per heavy atom. The standard InChI is InChI=1S/C31H37B2ClFN6O4P/c1-9-41-26-18-13-23(28(36-14-18)37-17-43-46(44-29(2,3)4)45-30(5,6)7)42-16-19-12-20(35)10-11-21(19)25-22(15-40(8)38-25)31(32,33)24(26)27(34)39-41/h10-15H,9,16-17H2,1-8H3,(H,36,37). The lowest BCUT2D eigenvalue weighted by molar-refractivity contribution is 0.0351. The summed E-state index contributed by atoms with van der Waals surface area (Å²) >= 11 is 6.77. The van der Waals surface area contributed by atoms with Crippen LogP contribution >= 0.6 is 20.2 Å². The number of hydrogen-bond acceptors (Lipinski definition) is 8. The molecule has 4 aromatic rings. The van der Waals surface area contributed by atoms with Crippen LogP contribution in [-0.2, 0) is 39.0 Å². The molecular weight excluding hydrogens is 627 g/mol. The normalized spacial score (nSPS) is 14.5. The number of anilines is 1. The van der Waals surface area contributed by atoms with Crippen molar-refractivity contribution in [3.8, 4) is 28.3 Å². The first kappa shape index (κ1) is 34.4. The average molecular weight is 665 g/mol. The van der Waals surface area contributed by atoms with Crippen molar-refractivity contribution in [2.45, 2.75) is 78.0 Å². The van der Waals surface area contributed by atoms with Gasteiger partial charge >= 0.3 is 8.60 Å². The first-order chi connectivity index (χ1) is 21.5. The summed E-state index contributed by atoms with van der Waals surface area (Å²) in [5.74, 6) is 0.306. The van der Waals surface area contributed by atoms with Gasteiger partial charge in [0.25, 0.3) is 0 Å². The fourth-order valence-electron chi connectivity index (χ4n) is 5.00. The van der Waals surface area contributed by atoms with Crippen LogP contribution in [0.5, 0.6) is 5.75 Å². The second kappa shape index (κ2) is 12.9. The molecule has 1 N–H and O–H groups in total. The second-order valence-electron chi connectivity index (χ2n) is 13.0. The van der Waals surface area contributed by atoms with Crippen molar-refractivity contribution in [1.29, 1.82) is 0 Å². The summed E-state index contributed by atoms with van der Waals surface area (Å²) < 4.78 is 42.4. The number of aromatic nitrogens is 5. The highest BCUT2D eigenvalue weighted by Gasteiger charge is 2.36. The molecule has 0 spiro atoms. The van der Waals surface area contributed by atoms with Gasteiger partial charge in [0.1, 0.15) is 19.2 Å². The fourth-order valence-corrected chi connectivity index (χ4v) is 6.55. The molecule has 240 valence electrons. The number of aryl methyl sites for hydroxylation is 2. The topological polar surface area (TPSA) is 97.5 Å². The Labute approximate surface area is 278 Å². The number of nitrogens with zero attached hydrogens (tertiary/aromatic N) is 5. The van der Waals surface area contributed by atoms with Crippen molar-refractivity contribution in [3.63, 3.8) is 0 Å². The minimum absolute atomic E-state index is 0.00175. The Bertz CT molecular complexity index is 1720. The number of halogens is 2. The Morgan fingerprint density at radius 1 is 1.11 bits per heavy atom. The first-order valence-corrected chi connectivity index (χ1v) is 16.3. The van der Waals surface area contributed by atoms with Gasteiger partial charge in [-0.3, -0.25) is 13.9 Å². The Balaban J connectivity index is 1.61. The van der Waals surface area contributed by atoms with Gasteiger partial charge in [-0.15, -0.1) is 0 Å². The molecule has 4 heterocycles. The molecule has 46 heavy (non-hydrogen) atoms. The van der Waals surface area contributed by atoms with E-state index in [1.54, 1.807) is 40.9 Å². The van der Waals surface area contributed by atoms with E-state index in [-0.39, 0.29) is 18.5 Å². The average Bonchev–Trinajstić information content (AvgIpc) is 3.50. The highest BCUT2D eigenvalue weighted by Crippen LogP contribution is 2.48. The SMILES string of the molecule is [B]C1([B])c2cn(C)nc2-c2ccc(F)cc2COc2cc(cnc2NCOP(OC(C)(C)C)OC(C)(C)C)-c2c1c(Cl)nn2CC. The van der Waals surface area contributed by atoms with Gasteiger partial charge in [0.2, 0.25) is 0 Å². The lowest BCUT2D eigenvalue weighted by atomic mass is 9.47. The molecule has 1 aliphatic rings. The van der Waals surface area contributed by atoms with E-state index in [4.69, 9.17) is 45.6 Å². The first-order valence-electron chi connectivity index (χ1n) is 14.8. The minimum Gasteiger partial charge on any atom is -0.485 e. The zero-order valence-corrected chi connectivity index (χ0v) is 29.0. The third kappa shape index (κ3) is 7.44. The van der Waals surface area contributed by atoms with Crippen LogP contribution in [0.4, 0.5) is 10.2 Å². The van der Waals surface area contributed by atoms with E-state index in [0.29, 0.717) is 57.3 Å². The molecule has 4 radical (unpaired) electrons. The van der Waals surface area contributed by atoms with E-state index in [9.17, 15) is 4.39 Å². The van der Waals surface area contributed by atoms with Crippen molar-refractivity contribution >= 4 is 41.7 Å². The van der Waals surface area contributed by atoms with Crippen LogP contribution in [0.15, 0.2) is 36.7 Å². The molecule has 0 atom stereocenters. The maximum Gasteiger partial charge on any atom is 0.335 e. The zero-order valence-electron chi connectivity index (χ0n) is 27.3. The lowest BCUT2D eigenvalue weighted by Gasteiger charge is -2.30. The molecular formula is C31H37B2ClFN6O4P. The Hall–Kier alpha value is -2.95. The number of hydrogen-bond donors (Lipinski definition) is 1. The van der Waals surface area contributed by atoms with Crippen LogP contribution in [-0.4, -0.2) is 58.2 Å². The molecule has 3 aromatic heterocycles. The highest BCUT2D eigenvalue weighted by molar-refractivity contribution is 7.41. The molecule has 10 nitrogen and oxygen atoms in total. The van der Waals surface area contributed by atoms with Crippen LogP contribution in [0.3, 0.4) is 0 Å². The van der Waals surface area contributed by atoms with Crippen LogP contribution < -0.4 is 10.1 Å². The van der Waals surface area contributed by atoms with Crippen molar-refractivity contribution in [2.24, 2.45) is 7.05 Å². The minimum atomic E-state index is -1.71. The summed E-state index contributed by atoms with van der Waals surface area (Å²) in [7, 11) is 14.0. The molecule has 1 aromatic carbocycles. The van der Waals surface area contributed by atoms with Gasteiger partial charge < -0.3 is 19.1 Å². The molecule has 0 unspecified atom stereocenters. The van der Waals surface area contributed by atoms with Gasteiger partial charge in [-0.2, -0.15) is 10.2 Å². The summed E-state index contributed by atoms with van der Waals surface area (Å²) in [5, 5.41) is 10.9. The van der Waals surface area contributed by atoms with Crippen molar-refractivity contribution in [2.75, 3.05) is 12.0 Å². The van der Waals surface area contributed by atoms with Crippen LogP contribution in [0.1, 0.15) is 65.2 Å². The number of ether oxygens (including phenoxy) is 1. The smallest absolute Gasteiger partial charge is 0.335 e. The second-order valence-corrected chi connectivity index (χ2v) is 14.4. The van der Waals surface area contributed by atoms with Crippen LogP contribution in [0.2, 0.25) is 5.15 Å². The van der Waals surface area contributed by atoms with Gasteiger partial charge in [0.05, 0.1) is 38.3 Å². The predicted octanol–water partition coefficient (Wildman–Crippen LogP) is 6.83. The lowest BCUT2D eigenvalue weighted by Crippen LogP contribution is -2.30. The predicted molar refractivity (Wildman–Crippen MR) is 180 cm³/mol. The molecule has 1 aliphatic heterocycles. The van der Waals surface area contributed by atoms with Crippen LogP contribution in [0, 0.1) is 5.82 Å². The highest BCUT2D eigenvalue weighted by atomic mass is 35.5. The maximum absolute atomic E-state index is 14.6. The number of benzene rings is 1. The molecule has 0 fully saturated rings. The van der Waals surface area contributed by atoms with E-state index >= 15 is 0 Å². The molecule has 0 saturated heterocycles. The van der Waals surface area contributed by atoms with E-state index in [2.05, 4.69) is 20.5 Å². The summed E-state index contributed by atoms with van der Waals surface area (Å²) in [4.78, 5) is 4.68. The maximum atomic E-state index is 14.6. The third-order valence-electron chi connectivity index (χ3n) is 6.84. The molecule has 5 rings (SSSR count). The quantitative estimate of drug-likeness (QED) is 0.131. The van der Waals surface area contributed by atoms with Crippen LogP contribution in [0.25, 0.3) is 22.5 Å². The van der Waals surface area contributed by atoms with Gasteiger partial charge in [-0.25, -0.2) is 9.37 Å². The van der Waals surface area contributed by atoms with Crippen molar-refractivity contribution in [3.05, 3.63) is 64.3 Å². The Morgan fingerprint density at radius 2 is 1.80 bits per heavy atom. The largest absolute Gasteiger partial charge is 0.485 e. The summed E-state index contributed by atoms with van der Waals surface area (Å²) in [6.07, 6.45) is 3.38. The molecule has 0 aliphatic carbocycles. The zero-order chi connectivity index (χ0) is 33.6. The third-order valence-corrected chi connectivity index (χ3v) is 8.83. The number of pyridine rings is 1. The fraction of sp³-hybridized carbons (Fsp3) is 0.452. The van der Waals surface area contributed by atoms with Gasteiger partial charge in [-0.1, -0.05) is 11.6 Å². The molecule has 15 heteroatoms. The van der Waals surface area contributed by atoms with Gasteiger partial charge in [0.15, 0.2) is 16.7 Å². The Kier molecular flexibility index (Phi) is 9.66. The molecule has 0 amide bonds. The van der Waals surface area contributed by atoms with E-state index in [0.717, 1.165) is 0 Å². The molecule has 2 bridgehead atoms. The van der Waals surface area contributed by atoms with E-state index in [1.165, 1.54) is 12.1 Å². The number of rotatable bonds is 7. The summed E-state index contributed by atoms with van der Waals surface area (Å²) in [5.41, 5.74) is 2.67. The van der Waals surface area contributed by atoms with E-state index < -0.39 is 30.8 Å². The monoisotopic (exact) mass is 664 g/mol. The number of nitrogens with one attached hydrogen (secondary N) is 1. The van der Waals surface area contributed by atoms with E-state index in [1.807, 2.05) is 48.5 Å². The summed E-state index contributed by atoms with van der Waals surface area (Å²) in [6.45, 7) is 14.0. The molecule has 0 saturated carbocycles. The number of fused-ring (bicyclic) bond motifs is 7.